The molecule has 8 heteroatoms. The zero-order valence-corrected chi connectivity index (χ0v) is 19.2. The van der Waals surface area contributed by atoms with Crippen molar-refractivity contribution in [2.45, 2.75) is 39.6 Å². The zero-order chi connectivity index (χ0) is 21.4. The SMILES string of the molecule is Cc1nc(SCC(=O)Nc2c(C)nn(-c3ccccc3)c2C)c2c(C)c(C)sc2n1. The Morgan fingerprint density at radius 3 is 2.57 bits per heavy atom. The lowest BCUT2D eigenvalue weighted by Gasteiger charge is -2.08. The fourth-order valence-corrected chi connectivity index (χ4v) is 5.44. The normalized spacial score (nSPS) is 11.2. The van der Waals surface area contributed by atoms with Gasteiger partial charge in [0.25, 0.3) is 0 Å². The van der Waals surface area contributed by atoms with E-state index in [1.54, 1.807) is 11.3 Å². The van der Waals surface area contributed by atoms with Crippen LogP contribution in [0.4, 0.5) is 5.69 Å². The molecule has 0 bridgehead atoms. The topological polar surface area (TPSA) is 72.7 Å². The first-order chi connectivity index (χ1) is 14.3. The third-order valence-corrected chi connectivity index (χ3v) is 7.08. The Bertz CT molecular complexity index is 1240. The summed E-state index contributed by atoms with van der Waals surface area (Å²) < 4.78 is 1.85. The van der Waals surface area contributed by atoms with Crippen molar-refractivity contribution in [3.05, 3.63) is 58.0 Å². The van der Waals surface area contributed by atoms with Crippen molar-refractivity contribution in [3.63, 3.8) is 0 Å². The minimum absolute atomic E-state index is 0.0761. The van der Waals surface area contributed by atoms with E-state index in [1.165, 1.54) is 22.2 Å². The molecule has 0 saturated heterocycles. The number of para-hydroxylation sites is 1. The van der Waals surface area contributed by atoms with Crippen molar-refractivity contribution in [1.29, 1.82) is 0 Å². The smallest absolute Gasteiger partial charge is 0.234 e. The average molecular weight is 438 g/mol. The van der Waals surface area contributed by atoms with E-state index in [-0.39, 0.29) is 11.7 Å². The Labute approximate surface area is 183 Å². The summed E-state index contributed by atoms with van der Waals surface area (Å²) in [5.74, 6) is 0.922. The first kappa shape index (κ1) is 20.6. The Morgan fingerprint density at radius 2 is 1.83 bits per heavy atom. The number of aromatic nitrogens is 4. The van der Waals surface area contributed by atoms with Crippen LogP contribution in [0, 0.1) is 34.6 Å². The van der Waals surface area contributed by atoms with E-state index in [1.807, 2.05) is 55.8 Å². The van der Waals surface area contributed by atoms with Gasteiger partial charge in [0.2, 0.25) is 5.91 Å². The molecule has 0 unspecified atom stereocenters. The van der Waals surface area contributed by atoms with Gasteiger partial charge in [-0.1, -0.05) is 30.0 Å². The molecule has 0 radical (unpaired) electrons. The molecule has 0 saturated carbocycles. The molecule has 154 valence electrons. The van der Waals surface area contributed by atoms with Crippen LogP contribution in [-0.4, -0.2) is 31.4 Å². The monoisotopic (exact) mass is 437 g/mol. The zero-order valence-electron chi connectivity index (χ0n) is 17.6. The summed E-state index contributed by atoms with van der Waals surface area (Å²) in [6, 6.07) is 9.90. The predicted molar refractivity (Wildman–Crippen MR) is 124 cm³/mol. The number of thioether (sulfide) groups is 1. The second kappa shape index (κ2) is 8.20. The minimum Gasteiger partial charge on any atom is -0.322 e. The van der Waals surface area contributed by atoms with Gasteiger partial charge in [-0.15, -0.1) is 11.3 Å². The van der Waals surface area contributed by atoms with Crippen LogP contribution >= 0.6 is 23.1 Å². The van der Waals surface area contributed by atoms with Gasteiger partial charge < -0.3 is 5.32 Å². The van der Waals surface area contributed by atoms with Gasteiger partial charge in [0.1, 0.15) is 15.7 Å². The number of fused-ring (bicyclic) bond motifs is 1. The number of thiophene rings is 1. The minimum atomic E-state index is -0.0761. The molecule has 30 heavy (non-hydrogen) atoms. The van der Waals surface area contributed by atoms with E-state index in [9.17, 15) is 4.79 Å². The van der Waals surface area contributed by atoms with Crippen LogP contribution in [0.15, 0.2) is 35.4 Å². The van der Waals surface area contributed by atoms with Gasteiger partial charge in [0.05, 0.1) is 28.5 Å². The number of amides is 1. The third-order valence-electron chi connectivity index (χ3n) is 5.00. The highest BCUT2D eigenvalue weighted by molar-refractivity contribution is 8.00. The van der Waals surface area contributed by atoms with Crippen LogP contribution in [0.5, 0.6) is 0 Å². The van der Waals surface area contributed by atoms with Crippen molar-refractivity contribution >= 4 is 44.9 Å². The summed E-state index contributed by atoms with van der Waals surface area (Å²) in [4.78, 5) is 24.1. The number of carbonyl (C=O) groups is 1. The Morgan fingerprint density at radius 1 is 1.10 bits per heavy atom. The lowest BCUT2D eigenvalue weighted by Crippen LogP contribution is -2.15. The van der Waals surface area contributed by atoms with Crippen LogP contribution in [0.1, 0.15) is 27.7 Å². The Balaban J connectivity index is 1.53. The fraction of sp³-hybridized carbons (Fsp3) is 0.273. The summed E-state index contributed by atoms with van der Waals surface area (Å²) in [6.07, 6.45) is 0. The molecule has 3 heterocycles. The quantitative estimate of drug-likeness (QED) is 0.345. The van der Waals surface area contributed by atoms with Crippen molar-refractivity contribution < 1.29 is 4.79 Å². The van der Waals surface area contributed by atoms with Gasteiger partial charge in [0, 0.05) is 10.3 Å². The van der Waals surface area contributed by atoms with Crippen LogP contribution < -0.4 is 5.32 Å². The number of hydrogen-bond donors (Lipinski definition) is 1. The maximum Gasteiger partial charge on any atom is 0.234 e. The van der Waals surface area contributed by atoms with E-state index < -0.39 is 0 Å². The average Bonchev–Trinajstić information content (AvgIpc) is 3.16. The third kappa shape index (κ3) is 3.85. The molecular weight excluding hydrogens is 414 g/mol. The molecule has 0 aliphatic carbocycles. The van der Waals surface area contributed by atoms with Crippen LogP contribution in [0.2, 0.25) is 0 Å². The van der Waals surface area contributed by atoms with Crippen molar-refractivity contribution in [2.24, 2.45) is 0 Å². The predicted octanol–water partition coefficient (Wildman–Crippen LogP) is 5.15. The summed E-state index contributed by atoms with van der Waals surface area (Å²) in [7, 11) is 0. The number of benzene rings is 1. The van der Waals surface area contributed by atoms with Gasteiger partial charge in [-0.2, -0.15) is 5.10 Å². The molecule has 4 rings (SSSR count). The number of carbonyl (C=O) groups excluding carboxylic acids is 1. The molecule has 1 aromatic carbocycles. The highest BCUT2D eigenvalue weighted by Gasteiger charge is 2.18. The number of aryl methyl sites for hydroxylation is 4. The summed E-state index contributed by atoms with van der Waals surface area (Å²) in [6.45, 7) is 9.93. The first-order valence-corrected chi connectivity index (χ1v) is 11.4. The lowest BCUT2D eigenvalue weighted by molar-refractivity contribution is -0.113. The highest BCUT2D eigenvalue weighted by Crippen LogP contribution is 2.35. The van der Waals surface area contributed by atoms with E-state index in [0.29, 0.717) is 0 Å². The lowest BCUT2D eigenvalue weighted by atomic mass is 10.2. The van der Waals surface area contributed by atoms with Gasteiger partial charge >= 0.3 is 0 Å². The van der Waals surface area contributed by atoms with Crippen molar-refractivity contribution in [2.75, 3.05) is 11.1 Å². The highest BCUT2D eigenvalue weighted by atomic mass is 32.2. The molecule has 1 amide bonds. The number of hydrogen-bond acceptors (Lipinski definition) is 6. The molecule has 0 fully saturated rings. The van der Waals surface area contributed by atoms with E-state index in [4.69, 9.17) is 0 Å². The number of nitrogens with zero attached hydrogens (tertiary/aromatic N) is 4. The maximum absolute atomic E-state index is 12.7. The fourth-order valence-electron chi connectivity index (χ4n) is 3.37. The summed E-state index contributed by atoms with van der Waals surface area (Å²) in [5.41, 5.74) is 4.61. The molecular formula is C22H23N5OS2. The van der Waals surface area contributed by atoms with Crippen molar-refractivity contribution in [3.8, 4) is 5.69 Å². The molecule has 1 N–H and O–H groups in total. The number of anilines is 1. The first-order valence-electron chi connectivity index (χ1n) is 9.63. The molecule has 4 aromatic rings. The molecule has 3 aromatic heterocycles. The van der Waals surface area contributed by atoms with Crippen LogP contribution in [0.25, 0.3) is 15.9 Å². The van der Waals surface area contributed by atoms with Crippen LogP contribution in [-0.2, 0) is 4.79 Å². The molecule has 0 atom stereocenters. The van der Waals surface area contributed by atoms with E-state index in [2.05, 4.69) is 34.2 Å². The maximum atomic E-state index is 12.7. The van der Waals surface area contributed by atoms with Gasteiger partial charge in [-0.25, -0.2) is 14.6 Å². The van der Waals surface area contributed by atoms with E-state index >= 15 is 0 Å². The Kier molecular flexibility index (Phi) is 5.62. The second-order valence-electron chi connectivity index (χ2n) is 7.17. The number of nitrogens with one attached hydrogen (secondary N) is 1. The molecule has 0 aliphatic heterocycles. The molecule has 6 nitrogen and oxygen atoms in total. The standard InChI is InChI=1S/C22H23N5OS2/c1-12-15(4)30-22-19(12)21(23-16(5)24-22)29-11-18(28)25-20-13(2)26-27(14(20)3)17-9-7-6-8-10-17/h6-10H,11H2,1-5H3,(H,25,28). The Hall–Kier alpha value is -2.71. The largest absolute Gasteiger partial charge is 0.322 e. The summed E-state index contributed by atoms with van der Waals surface area (Å²) >= 11 is 3.12. The van der Waals surface area contributed by atoms with Gasteiger partial charge in [-0.3, -0.25) is 4.79 Å². The molecule has 0 aliphatic rings. The van der Waals surface area contributed by atoms with Gasteiger partial charge in [0.15, 0.2) is 0 Å². The van der Waals surface area contributed by atoms with E-state index in [0.717, 1.165) is 43.8 Å². The van der Waals surface area contributed by atoms with Crippen LogP contribution in [0.3, 0.4) is 0 Å². The van der Waals surface area contributed by atoms with Crippen molar-refractivity contribution in [1.82, 2.24) is 19.7 Å². The number of rotatable bonds is 5. The molecule has 0 spiro atoms. The summed E-state index contributed by atoms with van der Waals surface area (Å²) in [5, 5.41) is 9.56. The van der Waals surface area contributed by atoms with Gasteiger partial charge in [-0.05, 0) is 52.3 Å². The second-order valence-corrected chi connectivity index (χ2v) is 9.34.